The van der Waals surface area contributed by atoms with Gasteiger partial charge in [-0.1, -0.05) is 29.8 Å². The second kappa shape index (κ2) is 9.45. The molecule has 104 valence electrons. The van der Waals surface area contributed by atoms with Crippen molar-refractivity contribution in [2.24, 2.45) is 9.98 Å². The molecule has 0 heterocycles. The van der Waals surface area contributed by atoms with Gasteiger partial charge in [0.1, 0.15) is 0 Å². The van der Waals surface area contributed by atoms with Crippen LogP contribution in [0.25, 0.3) is 0 Å². The van der Waals surface area contributed by atoms with E-state index in [1.807, 2.05) is 14.1 Å². The lowest BCUT2D eigenvalue weighted by atomic mass is 10.1. The van der Waals surface area contributed by atoms with Crippen molar-refractivity contribution in [3.8, 4) is 0 Å². The average Bonchev–Trinajstić information content (AvgIpc) is 2.44. The van der Waals surface area contributed by atoms with E-state index in [2.05, 4.69) is 57.8 Å². The molecule has 0 aromatic heterocycles. The number of aryl methyl sites for hydroxylation is 1. The smallest absolute Gasteiger partial charge is 0.0892 e. The number of hydrogen-bond acceptors (Lipinski definition) is 4. The predicted molar refractivity (Wildman–Crippen MR) is 81.0 cm³/mol. The van der Waals surface area contributed by atoms with Crippen LogP contribution in [-0.4, -0.2) is 39.4 Å². The van der Waals surface area contributed by atoms with Gasteiger partial charge in [-0.3, -0.25) is 0 Å². The lowest BCUT2D eigenvalue weighted by Gasteiger charge is -2.12. The van der Waals surface area contributed by atoms with Crippen LogP contribution in [0.1, 0.15) is 17.5 Å². The van der Waals surface area contributed by atoms with Gasteiger partial charge >= 0.3 is 0 Å². The van der Waals surface area contributed by atoms with Crippen molar-refractivity contribution in [1.29, 1.82) is 0 Å². The largest absolute Gasteiger partial charge is 0.305 e. The van der Waals surface area contributed by atoms with E-state index in [0.717, 1.165) is 25.9 Å². The molecule has 1 aromatic carbocycles. The lowest BCUT2D eigenvalue weighted by Crippen LogP contribution is -2.38. The fourth-order valence-corrected chi connectivity index (χ4v) is 1.72. The van der Waals surface area contributed by atoms with Crippen LogP contribution in [0.5, 0.6) is 0 Å². The molecule has 2 N–H and O–H groups in total. The minimum atomic E-state index is 0.304. The molecule has 0 radical (unpaired) electrons. The topological polar surface area (TPSA) is 48.8 Å². The lowest BCUT2D eigenvalue weighted by molar-refractivity contribution is 0.469. The molecule has 1 rings (SSSR count). The SMILES string of the molecule is CNC(CCN=C=NCCc1ccc(C)cc1)NC. The molecule has 0 aliphatic carbocycles. The highest BCUT2D eigenvalue weighted by molar-refractivity contribution is 5.41. The van der Waals surface area contributed by atoms with Crippen LogP contribution in [0.2, 0.25) is 0 Å². The number of nitrogens with one attached hydrogen (secondary N) is 2. The second-order valence-corrected chi connectivity index (χ2v) is 4.52. The van der Waals surface area contributed by atoms with E-state index >= 15 is 0 Å². The van der Waals surface area contributed by atoms with Crippen molar-refractivity contribution in [3.63, 3.8) is 0 Å². The molecule has 4 heteroatoms. The quantitative estimate of drug-likeness (QED) is 0.554. The van der Waals surface area contributed by atoms with Crippen LogP contribution in [0, 0.1) is 6.92 Å². The summed E-state index contributed by atoms with van der Waals surface area (Å²) >= 11 is 0. The maximum Gasteiger partial charge on any atom is 0.0892 e. The highest BCUT2D eigenvalue weighted by Crippen LogP contribution is 2.03. The highest BCUT2D eigenvalue weighted by Gasteiger charge is 1.98. The Morgan fingerprint density at radius 1 is 1.05 bits per heavy atom. The van der Waals surface area contributed by atoms with Gasteiger partial charge in [0.25, 0.3) is 0 Å². The van der Waals surface area contributed by atoms with Crippen molar-refractivity contribution >= 4 is 6.01 Å². The summed E-state index contributed by atoms with van der Waals surface area (Å²) in [6.07, 6.45) is 2.18. The summed E-state index contributed by atoms with van der Waals surface area (Å²) in [4.78, 5) is 8.34. The number of benzene rings is 1. The van der Waals surface area contributed by atoms with Crippen molar-refractivity contribution in [2.75, 3.05) is 27.2 Å². The summed E-state index contributed by atoms with van der Waals surface area (Å²) in [5.41, 5.74) is 2.60. The number of nitrogens with zero attached hydrogens (tertiary/aromatic N) is 2. The Morgan fingerprint density at radius 3 is 2.32 bits per heavy atom. The summed E-state index contributed by atoms with van der Waals surface area (Å²) in [7, 11) is 3.86. The maximum absolute atomic E-state index is 4.18. The van der Waals surface area contributed by atoms with Gasteiger partial charge in [-0.25, -0.2) is 9.98 Å². The molecule has 0 bridgehead atoms. The fourth-order valence-electron chi connectivity index (χ4n) is 1.72. The molecule has 0 amide bonds. The highest BCUT2D eigenvalue weighted by atomic mass is 15.1. The van der Waals surface area contributed by atoms with Gasteiger partial charge in [0, 0.05) is 0 Å². The van der Waals surface area contributed by atoms with Gasteiger partial charge in [0.2, 0.25) is 0 Å². The first kappa shape index (κ1) is 15.6. The standard InChI is InChI=1S/C15H24N4/c1-13-4-6-14(7-5-13)8-10-18-12-19-11-9-15(16-2)17-3/h4-7,15-17H,8-11H2,1-3H3. The molecule has 0 fully saturated rings. The third-order valence-corrected chi connectivity index (χ3v) is 3.00. The Morgan fingerprint density at radius 2 is 1.68 bits per heavy atom. The van der Waals surface area contributed by atoms with Crippen LogP contribution in [0.3, 0.4) is 0 Å². The molecule has 0 saturated heterocycles. The normalized spacial score (nSPS) is 10.3. The number of aliphatic imine (C=N–C) groups is 2. The molecular formula is C15H24N4. The van der Waals surface area contributed by atoms with Crippen LogP contribution in [0.15, 0.2) is 34.3 Å². The van der Waals surface area contributed by atoms with E-state index in [4.69, 9.17) is 0 Å². The van der Waals surface area contributed by atoms with Crippen molar-refractivity contribution in [3.05, 3.63) is 35.4 Å². The minimum Gasteiger partial charge on any atom is -0.305 e. The third kappa shape index (κ3) is 6.87. The van der Waals surface area contributed by atoms with E-state index in [1.165, 1.54) is 11.1 Å². The average molecular weight is 260 g/mol. The summed E-state index contributed by atoms with van der Waals surface area (Å²) in [6, 6.07) is 11.3. The Hall–Kier alpha value is -1.48. The van der Waals surface area contributed by atoms with Crippen LogP contribution < -0.4 is 10.6 Å². The Balaban J connectivity index is 2.21. The molecule has 19 heavy (non-hydrogen) atoms. The summed E-state index contributed by atoms with van der Waals surface area (Å²) in [6.45, 7) is 3.58. The fraction of sp³-hybridized carbons (Fsp3) is 0.533. The Kier molecular flexibility index (Phi) is 7.75. The van der Waals surface area contributed by atoms with E-state index in [9.17, 15) is 0 Å². The van der Waals surface area contributed by atoms with E-state index in [1.54, 1.807) is 0 Å². The van der Waals surface area contributed by atoms with Gasteiger partial charge in [-0.15, -0.1) is 0 Å². The molecular weight excluding hydrogens is 236 g/mol. The van der Waals surface area contributed by atoms with Crippen molar-refractivity contribution in [1.82, 2.24) is 10.6 Å². The molecule has 0 unspecified atom stereocenters. The molecule has 0 aliphatic heterocycles. The van der Waals surface area contributed by atoms with Crippen LogP contribution in [0.4, 0.5) is 0 Å². The van der Waals surface area contributed by atoms with E-state index in [-0.39, 0.29) is 0 Å². The molecule has 0 aliphatic rings. The van der Waals surface area contributed by atoms with Gasteiger partial charge in [0.15, 0.2) is 0 Å². The Labute approximate surface area is 116 Å². The zero-order chi connectivity index (χ0) is 13.9. The summed E-state index contributed by atoms with van der Waals surface area (Å²) < 4.78 is 0. The zero-order valence-corrected chi connectivity index (χ0v) is 12.1. The van der Waals surface area contributed by atoms with Crippen molar-refractivity contribution in [2.45, 2.75) is 25.9 Å². The molecule has 0 atom stereocenters. The monoisotopic (exact) mass is 260 g/mol. The van der Waals surface area contributed by atoms with Gasteiger partial charge in [-0.05, 0) is 39.4 Å². The first-order valence-electron chi connectivity index (χ1n) is 6.74. The van der Waals surface area contributed by atoms with E-state index in [0.29, 0.717) is 6.17 Å². The second-order valence-electron chi connectivity index (χ2n) is 4.52. The van der Waals surface area contributed by atoms with Gasteiger partial charge in [0.05, 0.1) is 25.3 Å². The minimum absolute atomic E-state index is 0.304. The van der Waals surface area contributed by atoms with Gasteiger partial charge in [-0.2, -0.15) is 0 Å². The third-order valence-electron chi connectivity index (χ3n) is 3.00. The molecule has 4 nitrogen and oxygen atoms in total. The van der Waals surface area contributed by atoms with Gasteiger partial charge < -0.3 is 10.6 Å². The van der Waals surface area contributed by atoms with Crippen LogP contribution in [-0.2, 0) is 6.42 Å². The maximum atomic E-state index is 4.18. The van der Waals surface area contributed by atoms with Crippen molar-refractivity contribution < 1.29 is 0 Å². The molecule has 0 saturated carbocycles. The predicted octanol–water partition coefficient (Wildman–Crippen LogP) is 1.87. The first-order chi connectivity index (χ1) is 9.26. The van der Waals surface area contributed by atoms with Crippen LogP contribution >= 0.6 is 0 Å². The molecule has 0 spiro atoms. The Bertz CT molecular complexity index is 401. The first-order valence-corrected chi connectivity index (χ1v) is 6.74. The number of hydrogen-bond donors (Lipinski definition) is 2. The number of rotatable bonds is 8. The molecule has 1 aromatic rings. The van der Waals surface area contributed by atoms with E-state index < -0.39 is 0 Å². The summed E-state index contributed by atoms with van der Waals surface area (Å²) in [5, 5.41) is 6.30. The zero-order valence-electron chi connectivity index (χ0n) is 12.1. The summed E-state index contributed by atoms with van der Waals surface area (Å²) in [5.74, 6) is 0.